The summed E-state index contributed by atoms with van der Waals surface area (Å²) in [5, 5.41) is 0. The van der Waals surface area contributed by atoms with Gasteiger partial charge in [-0.2, -0.15) is 0 Å². The average molecular weight is 257 g/mol. The molecule has 1 aromatic carbocycles. The number of ether oxygens (including phenoxy) is 1. The lowest BCUT2D eigenvalue weighted by Crippen LogP contribution is -2.20. The van der Waals surface area contributed by atoms with Gasteiger partial charge < -0.3 is 10.5 Å². The number of allylic oxidation sites excluding steroid dienone is 4. The van der Waals surface area contributed by atoms with E-state index in [0.29, 0.717) is 5.92 Å². The smallest absolute Gasteiger partial charge is 0.0958 e. The lowest BCUT2D eigenvalue weighted by atomic mass is 9.82. The molecule has 1 aliphatic carbocycles. The van der Waals surface area contributed by atoms with E-state index in [2.05, 4.69) is 49.4 Å². The van der Waals surface area contributed by atoms with Gasteiger partial charge in [-0.1, -0.05) is 42.0 Å². The number of benzene rings is 1. The topological polar surface area (TPSA) is 35.2 Å². The van der Waals surface area contributed by atoms with Gasteiger partial charge >= 0.3 is 0 Å². The largest absolute Gasteiger partial charge is 0.501 e. The Balaban J connectivity index is 2.24. The molecule has 0 saturated carbocycles. The maximum Gasteiger partial charge on any atom is 0.0958 e. The first kappa shape index (κ1) is 13.9. The fourth-order valence-electron chi connectivity index (χ4n) is 2.65. The van der Waals surface area contributed by atoms with Crippen molar-refractivity contribution in [3.05, 3.63) is 59.4 Å². The van der Waals surface area contributed by atoms with E-state index in [0.717, 1.165) is 25.0 Å². The fraction of sp³-hybridized carbons (Fsp3) is 0.412. The molecule has 0 bridgehead atoms. The molecule has 0 spiro atoms. The summed E-state index contributed by atoms with van der Waals surface area (Å²) in [6, 6.07) is 10.9. The third-order valence-electron chi connectivity index (χ3n) is 3.66. The molecule has 102 valence electrons. The number of rotatable bonds is 5. The summed E-state index contributed by atoms with van der Waals surface area (Å²) in [7, 11) is 1.74. The van der Waals surface area contributed by atoms with E-state index in [4.69, 9.17) is 10.5 Å². The van der Waals surface area contributed by atoms with Crippen molar-refractivity contribution in [2.24, 2.45) is 5.73 Å². The van der Waals surface area contributed by atoms with Crippen molar-refractivity contribution in [2.75, 3.05) is 7.11 Å². The Morgan fingerprint density at radius 2 is 1.89 bits per heavy atom. The van der Waals surface area contributed by atoms with Crippen molar-refractivity contribution in [1.29, 1.82) is 0 Å². The number of methoxy groups -OCH3 is 1. The van der Waals surface area contributed by atoms with Gasteiger partial charge in [0.2, 0.25) is 0 Å². The van der Waals surface area contributed by atoms with Crippen molar-refractivity contribution < 1.29 is 4.74 Å². The molecule has 0 fully saturated rings. The zero-order chi connectivity index (χ0) is 13.7. The fourth-order valence-corrected chi connectivity index (χ4v) is 2.65. The van der Waals surface area contributed by atoms with Crippen LogP contribution in [-0.4, -0.2) is 13.2 Å². The zero-order valence-electron chi connectivity index (χ0n) is 11.8. The van der Waals surface area contributed by atoms with Gasteiger partial charge in [0.15, 0.2) is 0 Å². The van der Waals surface area contributed by atoms with E-state index in [-0.39, 0.29) is 6.04 Å². The second-order valence-electron chi connectivity index (χ2n) is 5.25. The summed E-state index contributed by atoms with van der Waals surface area (Å²) in [4.78, 5) is 0. The van der Waals surface area contributed by atoms with Crippen molar-refractivity contribution >= 4 is 0 Å². The predicted octanol–water partition coefficient (Wildman–Crippen LogP) is 3.76. The van der Waals surface area contributed by atoms with Gasteiger partial charge in [0.1, 0.15) is 0 Å². The molecule has 0 radical (unpaired) electrons. The lowest BCUT2D eigenvalue weighted by Gasteiger charge is -2.25. The van der Waals surface area contributed by atoms with Crippen LogP contribution in [0.1, 0.15) is 37.7 Å². The van der Waals surface area contributed by atoms with Gasteiger partial charge in [-0.05, 0) is 31.4 Å². The summed E-state index contributed by atoms with van der Waals surface area (Å²) in [6.07, 6.45) is 7.35. The summed E-state index contributed by atoms with van der Waals surface area (Å²) in [5.74, 6) is 1.49. The second kappa shape index (κ2) is 6.58. The Hall–Kier alpha value is -1.54. The Morgan fingerprint density at radius 3 is 2.42 bits per heavy atom. The molecule has 0 aliphatic heterocycles. The molecule has 2 heteroatoms. The van der Waals surface area contributed by atoms with E-state index < -0.39 is 0 Å². The molecule has 2 N–H and O–H groups in total. The monoisotopic (exact) mass is 257 g/mol. The van der Waals surface area contributed by atoms with E-state index in [1.165, 1.54) is 11.1 Å². The highest BCUT2D eigenvalue weighted by Gasteiger charge is 2.20. The molecule has 0 aromatic heterocycles. The lowest BCUT2D eigenvalue weighted by molar-refractivity contribution is 0.275. The molecule has 1 aliphatic rings. The van der Waals surface area contributed by atoms with E-state index in [9.17, 15) is 0 Å². The van der Waals surface area contributed by atoms with Gasteiger partial charge in [-0.3, -0.25) is 0 Å². The standard InChI is InChI=1S/C17H23NO/c1-13(18)12-17(14-6-4-3-5-7-14)15-8-10-16(19-2)11-9-15/h3-8,10,13,17H,9,11-12,18H2,1-2H3. The number of hydrogen-bond acceptors (Lipinski definition) is 2. The predicted molar refractivity (Wildman–Crippen MR) is 79.9 cm³/mol. The molecule has 0 saturated heterocycles. The molecule has 0 amide bonds. The van der Waals surface area contributed by atoms with Gasteiger partial charge in [0.25, 0.3) is 0 Å². The highest BCUT2D eigenvalue weighted by Crippen LogP contribution is 2.34. The van der Waals surface area contributed by atoms with Gasteiger partial charge in [0.05, 0.1) is 12.9 Å². The molecule has 2 atom stereocenters. The second-order valence-corrected chi connectivity index (χ2v) is 5.25. The minimum absolute atomic E-state index is 0.207. The van der Waals surface area contributed by atoms with Crippen LogP contribution in [0.25, 0.3) is 0 Å². The van der Waals surface area contributed by atoms with E-state index in [1.54, 1.807) is 7.11 Å². The van der Waals surface area contributed by atoms with E-state index in [1.807, 2.05) is 0 Å². The van der Waals surface area contributed by atoms with Crippen molar-refractivity contribution in [3.63, 3.8) is 0 Å². The summed E-state index contributed by atoms with van der Waals surface area (Å²) in [5.41, 5.74) is 8.85. The van der Waals surface area contributed by atoms with Crippen LogP contribution in [0.3, 0.4) is 0 Å². The summed E-state index contributed by atoms with van der Waals surface area (Å²) < 4.78 is 5.30. The quantitative estimate of drug-likeness (QED) is 0.871. The zero-order valence-corrected chi connectivity index (χ0v) is 11.8. The summed E-state index contributed by atoms with van der Waals surface area (Å²) in [6.45, 7) is 2.08. The Labute approximate surface area is 116 Å². The van der Waals surface area contributed by atoms with Gasteiger partial charge in [-0.15, -0.1) is 0 Å². The normalized spacial score (nSPS) is 18.3. The molecule has 0 heterocycles. The third-order valence-corrected chi connectivity index (χ3v) is 3.66. The Morgan fingerprint density at radius 1 is 1.16 bits per heavy atom. The highest BCUT2D eigenvalue weighted by molar-refractivity contribution is 5.33. The highest BCUT2D eigenvalue weighted by atomic mass is 16.5. The third kappa shape index (κ3) is 3.71. The van der Waals surface area contributed by atoms with Crippen molar-refractivity contribution in [1.82, 2.24) is 0 Å². The molecule has 19 heavy (non-hydrogen) atoms. The number of nitrogens with two attached hydrogens (primary N) is 1. The van der Waals surface area contributed by atoms with Crippen LogP contribution in [0.5, 0.6) is 0 Å². The first-order valence-electron chi connectivity index (χ1n) is 6.95. The van der Waals surface area contributed by atoms with Gasteiger partial charge in [-0.25, -0.2) is 0 Å². The van der Waals surface area contributed by atoms with Crippen LogP contribution in [0.2, 0.25) is 0 Å². The van der Waals surface area contributed by atoms with Crippen LogP contribution >= 0.6 is 0 Å². The van der Waals surface area contributed by atoms with Crippen molar-refractivity contribution in [3.8, 4) is 0 Å². The molecule has 2 unspecified atom stereocenters. The van der Waals surface area contributed by atoms with Gasteiger partial charge in [0, 0.05) is 18.4 Å². The van der Waals surface area contributed by atoms with Crippen LogP contribution in [0.15, 0.2) is 53.8 Å². The first-order chi connectivity index (χ1) is 9.20. The molecular weight excluding hydrogens is 234 g/mol. The van der Waals surface area contributed by atoms with Crippen LogP contribution in [0, 0.1) is 0 Å². The van der Waals surface area contributed by atoms with E-state index >= 15 is 0 Å². The maximum atomic E-state index is 6.02. The number of hydrogen-bond donors (Lipinski definition) is 1. The van der Waals surface area contributed by atoms with Crippen LogP contribution in [0.4, 0.5) is 0 Å². The molecule has 2 nitrogen and oxygen atoms in total. The SMILES string of the molecule is COC1=CC=C(C(CC(C)N)c2ccccc2)CC1. The van der Waals surface area contributed by atoms with Crippen LogP contribution < -0.4 is 5.73 Å². The van der Waals surface area contributed by atoms with Crippen molar-refractivity contribution in [2.45, 2.75) is 38.1 Å². The Kier molecular flexibility index (Phi) is 4.80. The summed E-state index contributed by atoms with van der Waals surface area (Å²) >= 11 is 0. The molecule has 1 aromatic rings. The minimum Gasteiger partial charge on any atom is -0.501 e. The first-order valence-corrected chi connectivity index (χ1v) is 6.95. The molecular formula is C17H23NO. The maximum absolute atomic E-state index is 6.02. The molecule has 2 rings (SSSR count). The van der Waals surface area contributed by atoms with Crippen LogP contribution in [-0.2, 0) is 4.74 Å². The average Bonchev–Trinajstić information content (AvgIpc) is 2.46. The Bertz CT molecular complexity index is 459. The minimum atomic E-state index is 0.207.